The number of carbonyl (C=O) groups excluding carboxylic acids is 1. The van der Waals surface area contributed by atoms with Gasteiger partial charge >= 0.3 is 0 Å². The SMILES string of the molecule is CCNc1ccc(Cl)c(C(=O)N(CC)C2CC2)n1. The van der Waals surface area contributed by atoms with Gasteiger partial charge < -0.3 is 10.2 Å². The number of nitrogens with one attached hydrogen (secondary N) is 1. The lowest BCUT2D eigenvalue weighted by molar-refractivity contribution is 0.0747. The van der Waals surface area contributed by atoms with E-state index >= 15 is 0 Å². The summed E-state index contributed by atoms with van der Waals surface area (Å²) in [5.74, 6) is 0.627. The first kappa shape index (κ1) is 13.1. The van der Waals surface area contributed by atoms with Gasteiger partial charge in [-0.15, -0.1) is 0 Å². The lowest BCUT2D eigenvalue weighted by Crippen LogP contribution is -2.33. The van der Waals surface area contributed by atoms with Crippen molar-refractivity contribution in [1.82, 2.24) is 9.88 Å². The molecular weight excluding hydrogens is 250 g/mol. The van der Waals surface area contributed by atoms with Crippen molar-refractivity contribution < 1.29 is 4.79 Å². The summed E-state index contributed by atoms with van der Waals surface area (Å²) < 4.78 is 0. The zero-order chi connectivity index (χ0) is 13.1. The molecule has 0 atom stereocenters. The van der Waals surface area contributed by atoms with Crippen LogP contribution in [0.2, 0.25) is 5.02 Å². The normalized spacial score (nSPS) is 14.4. The molecule has 1 heterocycles. The van der Waals surface area contributed by atoms with Crippen LogP contribution >= 0.6 is 11.6 Å². The number of halogens is 1. The molecule has 1 saturated carbocycles. The largest absolute Gasteiger partial charge is 0.370 e. The number of hydrogen-bond donors (Lipinski definition) is 1. The van der Waals surface area contributed by atoms with Crippen molar-refractivity contribution in [1.29, 1.82) is 0 Å². The molecule has 0 spiro atoms. The molecular formula is C13H18ClN3O. The number of carbonyl (C=O) groups is 1. The fraction of sp³-hybridized carbons (Fsp3) is 0.538. The van der Waals surface area contributed by atoms with Crippen molar-refractivity contribution in [2.45, 2.75) is 32.7 Å². The summed E-state index contributed by atoms with van der Waals surface area (Å²) in [5, 5.41) is 3.51. The molecule has 0 unspecified atom stereocenters. The van der Waals surface area contributed by atoms with E-state index in [1.54, 1.807) is 12.1 Å². The van der Waals surface area contributed by atoms with Gasteiger partial charge in [-0.2, -0.15) is 0 Å². The monoisotopic (exact) mass is 267 g/mol. The highest BCUT2D eigenvalue weighted by Gasteiger charge is 2.33. The quantitative estimate of drug-likeness (QED) is 0.892. The van der Waals surface area contributed by atoms with Gasteiger partial charge in [0.15, 0.2) is 0 Å². The Hall–Kier alpha value is -1.29. The van der Waals surface area contributed by atoms with Crippen LogP contribution < -0.4 is 5.32 Å². The van der Waals surface area contributed by atoms with E-state index in [1.165, 1.54) is 0 Å². The molecule has 0 bridgehead atoms. The number of rotatable bonds is 5. The second-order valence-electron chi connectivity index (χ2n) is 4.38. The van der Waals surface area contributed by atoms with E-state index in [0.717, 1.165) is 19.4 Å². The van der Waals surface area contributed by atoms with Gasteiger partial charge in [-0.3, -0.25) is 4.79 Å². The van der Waals surface area contributed by atoms with Crippen molar-refractivity contribution in [3.05, 3.63) is 22.8 Å². The summed E-state index contributed by atoms with van der Waals surface area (Å²) in [6, 6.07) is 3.89. The highest BCUT2D eigenvalue weighted by atomic mass is 35.5. The fourth-order valence-corrected chi connectivity index (χ4v) is 2.15. The van der Waals surface area contributed by atoms with E-state index in [4.69, 9.17) is 11.6 Å². The molecule has 1 aromatic heterocycles. The molecule has 5 heteroatoms. The number of anilines is 1. The second kappa shape index (κ2) is 5.57. The molecule has 1 amide bonds. The second-order valence-corrected chi connectivity index (χ2v) is 4.79. The average Bonchev–Trinajstić information content (AvgIpc) is 3.17. The minimum atomic E-state index is -0.0650. The third kappa shape index (κ3) is 2.75. The van der Waals surface area contributed by atoms with E-state index in [-0.39, 0.29) is 5.91 Å². The van der Waals surface area contributed by atoms with Gasteiger partial charge in [0.05, 0.1) is 5.02 Å². The minimum Gasteiger partial charge on any atom is -0.370 e. The molecule has 0 radical (unpaired) electrons. The maximum absolute atomic E-state index is 12.4. The number of aromatic nitrogens is 1. The van der Waals surface area contributed by atoms with Crippen molar-refractivity contribution in [3.8, 4) is 0 Å². The first-order chi connectivity index (χ1) is 8.67. The predicted octanol–water partition coefficient (Wildman–Crippen LogP) is 2.79. The van der Waals surface area contributed by atoms with Crippen molar-refractivity contribution in [2.75, 3.05) is 18.4 Å². The lowest BCUT2D eigenvalue weighted by Gasteiger charge is -2.20. The molecule has 1 aliphatic rings. The molecule has 2 rings (SSSR count). The van der Waals surface area contributed by atoms with Gasteiger partial charge in [-0.05, 0) is 38.8 Å². The summed E-state index contributed by atoms with van der Waals surface area (Å²) in [7, 11) is 0. The maximum Gasteiger partial charge on any atom is 0.274 e. The van der Waals surface area contributed by atoms with Crippen LogP contribution in [0.4, 0.5) is 5.82 Å². The van der Waals surface area contributed by atoms with Crippen LogP contribution in [0.25, 0.3) is 0 Å². The van der Waals surface area contributed by atoms with Gasteiger partial charge in [0, 0.05) is 19.1 Å². The molecule has 1 N–H and O–H groups in total. The smallest absolute Gasteiger partial charge is 0.274 e. The summed E-state index contributed by atoms with van der Waals surface area (Å²) in [4.78, 5) is 18.5. The number of hydrogen-bond acceptors (Lipinski definition) is 3. The Kier molecular flexibility index (Phi) is 4.07. The van der Waals surface area contributed by atoms with Gasteiger partial charge in [0.1, 0.15) is 11.5 Å². The van der Waals surface area contributed by atoms with E-state index in [0.29, 0.717) is 29.1 Å². The Bertz CT molecular complexity index is 446. The lowest BCUT2D eigenvalue weighted by atomic mass is 10.3. The molecule has 18 heavy (non-hydrogen) atoms. The van der Waals surface area contributed by atoms with Crippen molar-refractivity contribution in [3.63, 3.8) is 0 Å². The van der Waals surface area contributed by atoms with Crippen LogP contribution in [-0.2, 0) is 0 Å². The Morgan fingerprint density at radius 3 is 2.78 bits per heavy atom. The van der Waals surface area contributed by atoms with E-state index in [1.807, 2.05) is 18.7 Å². The molecule has 0 saturated heterocycles. The standard InChI is InChI=1S/C13H18ClN3O/c1-3-15-11-8-7-10(14)12(16-11)13(18)17(4-2)9-5-6-9/h7-9H,3-6H2,1-2H3,(H,15,16). The molecule has 1 aromatic rings. The van der Waals surface area contributed by atoms with Crippen LogP contribution in [0.15, 0.2) is 12.1 Å². The average molecular weight is 268 g/mol. The topological polar surface area (TPSA) is 45.2 Å². The van der Waals surface area contributed by atoms with Crippen LogP contribution in [0.5, 0.6) is 0 Å². The van der Waals surface area contributed by atoms with E-state index < -0.39 is 0 Å². The highest BCUT2D eigenvalue weighted by molar-refractivity contribution is 6.33. The van der Waals surface area contributed by atoms with Crippen LogP contribution in [0.1, 0.15) is 37.2 Å². The number of pyridine rings is 1. The molecule has 0 aromatic carbocycles. The predicted molar refractivity (Wildman–Crippen MR) is 73.1 cm³/mol. The molecule has 0 aliphatic heterocycles. The van der Waals surface area contributed by atoms with Crippen molar-refractivity contribution >= 4 is 23.3 Å². The fourth-order valence-electron chi connectivity index (χ4n) is 1.96. The Labute approximate surface area is 112 Å². The summed E-state index contributed by atoms with van der Waals surface area (Å²) in [5.41, 5.74) is 0.351. The van der Waals surface area contributed by atoms with Crippen LogP contribution in [0, 0.1) is 0 Å². The summed E-state index contributed by atoms with van der Waals surface area (Å²) in [6.07, 6.45) is 2.17. The van der Waals surface area contributed by atoms with Crippen molar-refractivity contribution in [2.24, 2.45) is 0 Å². The minimum absolute atomic E-state index is 0.0650. The van der Waals surface area contributed by atoms with Gasteiger partial charge in [0.2, 0.25) is 0 Å². The Balaban J connectivity index is 2.24. The first-order valence-electron chi connectivity index (χ1n) is 6.38. The Morgan fingerprint density at radius 1 is 1.50 bits per heavy atom. The van der Waals surface area contributed by atoms with Gasteiger partial charge in [0.25, 0.3) is 5.91 Å². The van der Waals surface area contributed by atoms with Gasteiger partial charge in [-0.25, -0.2) is 4.98 Å². The zero-order valence-electron chi connectivity index (χ0n) is 10.7. The zero-order valence-corrected chi connectivity index (χ0v) is 11.5. The van der Waals surface area contributed by atoms with E-state index in [2.05, 4.69) is 10.3 Å². The molecule has 4 nitrogen and oxygen atoms in total. The Morgan fingerprint density at radius 2 is 2.22 bits per heavy atom. The summed E-state index contributed by atoms with van der Waals surface area (Å²) >= 11 is 6.08. The molecule has 1 fully saturated rings. The van der Waals surface area contributed by atoms with Crippen LogP contribution in [-0.4, -0.2) is 34.9 Å². The van der Waals surface area contributed by atoms with Gasteiger partial charge in [-0.1, -0.05) is 11.6 Å². The van der Waals surface area contributed by atoms with Crippen LogP contribution in [0.3, 0.4) is 0 Å². The summed E-state index contributed by atoms with van der Waals surface area (Å²) in [6.45, 7) is 5.44. The third-order valence-corrected chi connectivity index (χ3v) is 3.30. The molecule has 1 aliphatic carbocycles. The molecule has 98 valence electrons. The first-order valence-corrected chi connectivity index (χ1v) is 6.76. The maximum atomic E-state index is 12.4. The number of amides is 1. The number of nitrogens with zero attached hydrogens (tertiary/aromatic N) is 2. The highest BCUT2D eigenvalue weighted by Crippen LogP contribution is 2.29. The van der Waals surface area contributed by atoms with E-state index in [9.17, 15) is 4.79 Å². The third-order valence-electron chi connectivity index (χ3n) is 3.00.